The Balaban J connectivity index is 1.77. The molecule has 2 heterocycles. The van der Waals surface area contributed by atoms with Crippen molar-refractivity contribution in [3.05, 3.63) is 54.1 Å². The van der Waals surface area contributed by atoms with Crippen LogP contribution in [0.15, 0.2) is 48.5 Å². The van der Waals surface area contributed by atoms with Gasteiger partial charge in [0.05, 0.1) is 13.7 Å². The van der Waals surface area contributed by atoms with E-state index in [0.717, 1.165) is 5.56 Å². The Hall–Kier alpha value is -2.70. The Bertz CT molecular complexity index is 740. The summed E-state index contributed by atoms with van der Waals surface area (Å²) in [6.45, 7) is -0.268. The van der Waals surface area contributed by atoms with Crippen molar-refractivity contribution >= 4 is 11.8 Å². The van der Waals surface area contributed by atoms with E-state index in [9.17, 15) is 13.6 Å². The van der Waals surface area contributed by atoms with E-state index in [4.69, 9.17) is 4.74 Å². The smallest absolute Gasteiger partial charge is 0.328 e. The fourth-order valence-electron chi connectivity index (χ4n) is 2.78. The molecule has 132 valence electrons. The number of rotatable bonds is 5. The fraction of sp³-hybridized carbons (Fsp3) is 0.333. The molecule has 3 rings (SSSR count). The molecule has 0 unspecified atom stereocenters. The van der Waals surface area contributed by atoms with Gasteiger partial charge in [0.15, 0.2) is 0 Å². The van der Waals surface area contributed by atoms with Gasteiger partial charge in [-0.25, -0.2) is 13.6 Å². The predicted molar refractivity (Wildman–Crippen MR) is 87.7 cm³/mol. The number of hydrogen-bond acceptors (Lipinski definition) is 5. The molecule has 1 aliphatic rings. The Kier molecular flexibility index (Phi) is 4.83. The van der Waals surface area contributed by atoms with Crippen molar-refractivity contribution in [3.63, 3.8) is 0 Å². The third-order valence-electron chi connectivity index (χ3n) is 3.98. The van der Waals surface area contributed by atoms with Crippen molar-refractivity contribution < 1.29 is 23.0 Å². The molecular formula is C18H18F2N2O3. The second-order valence-electron chi connectivity index (χ2n) is 5.84. The first kappa shape index (κ1) is 17.1. The number of aromatic nitrogens is 1. The zero-order valence-corrected chi connectivity index (χ0v) is 13.7. The van der Waals surface area contributed by atoms with Crippen LogP contribution < -0.4 is 9.64 Å². The number of carbonyl (C=O) groups excluding carboxylic acids is 1. The molecule has 1 saturated heterocycles. The lowest BCUT2D eigenvalue weighted by atomic mass is 10.2. The van der Waals surface area contributed by atoms with Gasteiger partial charge in [-0.2, -0.15) is 4.98 Å². The molecule has 1 atom stereocenters. The summed E-state index contributed by atoms with van der Waals surface area (Å²) in [7, 11) is 1.18. The Morgan fingerprint density at radius 2 is 2.00 bits per heavy atom. The summed E-state index contributed by atoms with van der Waals surface area (Å²) in [5, 5.41) is 0. The molecule has 1 aromatic heterocycles. The minimum atomic E-state index is -2.97. The van der Waals surface area contributed by atoms with E-state index in [-0.39, 0.29) is 5.82 Å². The van der Waals surface area contributed by atoms with Gasteiger partial charge in [0.2, 0.25) is 5.88 Å². The number of pyridine rings is 1. The van der Waals surface area contributed by atoms with E-state index in [2.05, 4.69) is 9.72 Å². The highest BCUT2D eigenvalue weighted by atomic mass is 19.3. The van der Waals surface area contributed by atoms with Crippen molar-refractivity contribution in [2.75, 3.05) is 18.6 Å². The van der Waals surface area contributed by atoms with Crippen LogP contribution in [0.1, 0.15) is 12.0 Å². The number of benzene rings is 1. The Morgan fingerprint density at radius 3 is 2.72 bits per heavy atom. The van der Waals surface area contributed by atoms with Crippen LogP contribution in [0, 0.1) is 0 Å². The normalized spacial score (nSPS) is 18.8. The summed E-state index contributed by atoms with van der Waals surface area (Å²) < 4.78 is 37.8. The van der Waals surface area contributed by atoms with E-state index >= 15 is 0 Å². The second kappa shape index (κ2) is 7.04. The van der Waals surface area contributed by atoms with E-state index < -0.39 is 30.9 Å². The van der Waals surface area contributed by atoms with Gasteiger partial charge in [-0.15, -0.1) is 0 Å². The summed E-state index contributed by atoms with van der Waals surface area (Å²) in [5.41, 5.74) is 0.967. The quantitative estimate of drug-likeness (QED) is 0.778. The standard InChI is InChI=1S/C18H18F2N2O3/c1-24-17(23)14-10-18(19,20)12-22(14)15-8-5-9-16(21-15)25-11-13-6-3-2-4-7-13/h2-9,14H,10-12H2,1H3/t14-/m0/s1. The molecule has 0 amide bonds. The number of hydrogen-bond donors (Lipinski definition) is 0. The Morgan fingerprint density at radius 1 is 1.24 bits per heavy atom. The molecule has 25 heavy (non-hydrogen) atoms. The predicted octanol–water partition coefficient (Wildman–Crippen LogP) is 3.05. The molecule has 0 N–H and O–H groups in total. The van der Waals surface area contributed by atoms with Gasteiger partial charge in [-0.05, 0) is 11.6 Å². The third kappa shape index (κ3) is 4.04. The number of esters is 1. The average molecular weight is 348 g/mol. The van der Waals surface area contributed by atoms with Gasteiger partial charge in [0, 0.05) is 12.5 Å². The van der Waals surface area contributed by atoms with Crippen LogP contribution in [0.3, 0.4) is 0 Å². The average Bonchev–Trinajstić information content (AvgIpc) is 2.96. The fourth-order valence-corrected chi connectivity index (χ4v) is 2.78. The zero-order chi connectivity index (χ0) is 17.9. The number of alkyl halides is 2. The molecule has 1 fully saturated rings. The Labute approximate surface area is 144 Å². The maximum absolute atomic E-state index is 13.8. The first-order valence-corrected chi connectivity index (χ1v) is 7.84. The molecule has 0 aliphatic carbocycles. The molecule has 0 spiro atoms. The van der Waals surface area contributed by atoms with Crippen LogP contribution in [0.25, 0.3) is 0 Å². The van der Waals surface area contributed by atoms with Gasteiger partial charge in [-0.1, -0.05) is 36.4 Å². The number of carbonyl (C=O) groups is 1. The largest absolute Gasteiger partial charge is 0.473 e. The van der Waals surface area contributed by atoms with Gasteiger partial charge in [0.25, 0.3) is 5.92 Å². The number of anilines is 1. The van der Waals surface area contributed by atoms with Crippen molar-refractivity contribution in [2.45, 2.75) is 25.0 Å². The molecule has 7 heteroatoms. The van der Waals surface area contributed by atoms with Crippen molar-refractivity contribution in [1.82, 2.24) is 4.98 Å². The zero-order valence-electron chi connectivity index (χ0n) is 13.7. The van der Waals surface area contributed by atoms with Crippen molar-refractivity contribution in [1.29, 1.82) is 0 Å². The molecule has 0 bridgehead atoms. The number of nitrogens with zero attached hydrogens (tertiary/aromatic N) is 2. The van der Waals surface area contributed by atoms with E-state index in [1.54, 1.807) is 18.2 Å². The van der Waals surface area contributed by atoms with Crippen LogP contribution in [-0.4, -0.2) is 36.6 Å². The van der Waals surface area contributed by atoms with Crippen LogP contribution in [0.4, 0.5) is 14.6 Å². The molecule has 5 nitrogen and oxygen atoms in total. The van der Waals surface area contributed by atoms with E-state index in [0.29, 0.717) is 12.5 Å². The maximum atomic E-state index is 13.8. The number of methoxy groups -OCH3 is 1. The van der Waals surface area contributed by atoms with Crippen LogP contribution in [-0.2, 0) is 16.1 Å². The number of ether oxygens (including phenoxy) is 2. The highest BCUT2D eigenvalue weighted by molar-refractivity contribution is 5.80. The van der Waals surface area contributed by atoms with Gasteiger partial charge in [-0.3, -0.25) is 0 Å². The molecule has 1 aromatic carbocycles. The van der Waals surface area contributed by atoms with Crippen LogP contribution >= 0.6 is 0 Å². The molecule has 0 radical (unpaired) electrons. The van der Waals surface area contributed by atoms with Gasteiger partial charge in [0.1, 0.15) is 18.5 Å². The van der Waals surface area contributed by atoms with Crippen LogP contribution in [0.5, 0.6) is 5.88 Å². The topological polar surface area (TPSA) is 51.7 Å². The molecule has 1 aliphatic heterocycles. The molecule has 0 saturated carbocycles. The number of halogens is 2. The lowest BCUT2D eigenvalue weighted by Gasteiger charge is -2.23. The van der Waals surface area contributed by atoms with E-state index in [1.807, 2.05) is 30.3 Å². The minimum absolute atomic E-state index is 0.262. The highest BCUT2D eigenvalue weighted by Crippen LogP contribution is 2.35. The van der Waals surface area contributed by atoms with Crippen molar-refractivity contribution in [3.8, 4) is 5.88 Å². The van der Waals surface area contributed by atoms with Crippen LogP contribution in [0.2, 0.25) is 0 Å². The maximum Gasteiger partial charge on any atom is 0.328 e. The first-order valence-electron chi connectivity index (χ1n) is 7.84. The molecule has 2 aromatic rings. The summed E-state index contributed by atoms with van der Waals surface area (Å²) in [6, 6.07) is 13.4. The summed E-state index contributed by atoms with van der Waals surface area (Å²) >= 11 is 0. The summed E-state index contributed by atoms with van der Waals surface area (Å²) in [5.74, 6) is -3.10. The summed E-state index contributed by atoms with van der Waals surface area (Å²) in [4.78, 5) is 17.4. The lowest BCUT2D eigenvalue weighted by Crippen LogP contribution is -2.37. The first-order chi connectivity index (χ1) is 12.0. The molecular weight excluding hydrogens is 330 g/mol. The van der Waals surface area contributed by atoms with Crippen molar-refractivity contribution in [2.24, 2.45) is 0 Å². The highest BCUT2D eigenvalue weighted by Gasteiger charge is 2.49. The van der Waals surface area contributed by atoms with Gasteiger partial charge >= 0.3 is 5.97 Å². The lowest BCUT2D eigenvalue weighted by molar-refractivity contribution is -0.142. The van der Waals surface area contributed by atoms with E-state index in [1.165, 1.54) is 12.0 Å². The second-order valence-corrected chi connectivity index (χ2v) is 5.84. The monoisotopic (exact) mass is 348 g/mol. The SMILES string of the molecule is COC(=O)[C@@H]1CC(F)(F)CN1c1cccc(OCc2ccccc2)n1. The van der Waals surface area contributed by atoms with Gasteiger partial charge < -0.3 is 14.4 Å². The third-order valence-corrected chi connectivity index (χ3v) is 3.98. The minimum Gasteiger partial charge on any atom is -0.473 e. The summed E-state index contributed by atoms with van der Waals surface area (Å²) in [6.07, 6.45) is -0.587.